The van der Waals surface area contributed by atoms with E-state index in [4.69, 9.17) is 10.5 Å². The normalized spacial score (nSPS) is 27.1. The highest BCUT2D eigenvalue weighted by atomic mass is 16.6. The topological polar surface area (TPSA) is 75.8 Å². The summed E-state index contributed by atoms with van der Waals surface area (Å²) in [6.45, 7) is 5.70. The molecular weight excluding hydrogens is 292 g/mol. The van der Waals surface area contributed by atoms with Gasteiger partial charge >= 0.3 is 6.09 Å². The highest BCUT2D eigenvalue weighted by Gasteiger charge is 2.45. The van der Waals surface area contributed by atoms with E-state index in [9.17, 15) is 9.90 Å². The molecule has 126 valence electrons. The molecule has 2 heterocycles. The van der Waals surface area contributed by atoms with Gasteiger partial charge in [0.25, 0.3) is 0 Å². The number of carbonyl (C=O) groups excluding carboxylic acids is 1. The highest BCUT2D eigenvalue weighted by Crippen LogP contribution is 2.44. The Balaban J connectivity index is 1.74. The molecule has 0 radical (unpaired) electrons. The average Bonchev–Trinajstić information content (AvgIpc) is 2.71. The third kappa shape index (κ3) is 3.23. The van der Waals surface area contributed by atoms with E-state index in [0.717, 1.165) is 31.2 Å². The number of carbonyl (C=O) groups is 1. The predicted octanol–water partition coefficient (Wildman–Crippen LogP) is 3.62. The number of nitrogens with zero attached hydrogens (tertiary/aromatic N) is 1. The Morgan fingerprint density at radius 2 is 1.87 bits per heavy atom. The van der Waals surface area contributed by atoms with Gasteiger partial charge in [0.1, 0.15) is 11.4 Å². The Kier molecular flexibility index (Phi) is 3.90. The lowest BCUT2D eigenvalue weighted by molar-refractivity contribution is 0.00583. The average molecular weight is 318 g/mol. The van der Waals surface area contributed by atoms with E-state index in [0.29, 0.717) is 11.6 Å². The number of anilines is 1. The number of hydrogen-bond acceptors (Lipinski definition) is 4. The predicted molar refractivity (Wildman–Crippen MR) is 89.4 cm³/mol. The van der Waals surface area contributed by atoms with Crippen LogP contribution in [0.4, 0.5) is 10.5 Å². The Morgan fingerprint density at radius 1 is 1.26 bits per heavy atom. The first-order valence-electron chi connectivity index (χ1n) is 8.34. The summed E-state index contributed by atoms with van der Waals surface area (Å²) < 4.78 is 5.56. The third-order valence-corrected chi connectivity index (χ3v) is 4.86. The van der Waals surface area contributed by atoms with Crippen molar-refractivity contribution in [1.29, 1.82) is 0 Å². The van der Waals surface area contributed by atoms with Gasteiger partial charge in [-0.3, -0.25) is 0 Å². The van der Waals surface area contributed by atoms with Crippen molar-refractivity contribution in [2.45, 2.75) is 70.1 Å². The number of piperidine rings is 1. The highest BCUT2D eigenvalue weighted by molar-refractivity contribution is 5.69. The molecule has 2 saturated heterocycles. The van der Waals surface area contributed by atoms with E-state index in [1.54, 1.807) is 12.1 Å². The molecule has 2 bridgehead atoms. The summed E-state index contributed by atoms with van der Waals surface area (Å²) >= 11 is 0. The first kappa shape index (κ1) is 16.0. The number of ether oxygens (including phenoxy) is 1. The number of phenolic OH excluding ortho intramolecular Hbond substituents is 1. The van der Waals surface area contributed by atoms with Crippen LogP contribution in [0.15, 0.2) is 18.2 Å². The van der Waals surface area contributed by atoms with Crippen LogP contribution < -0.4 is 5.73 Å². The summed E-state index contributed by atoms with van der Waals surface area (Å²) in [7, 11) is 0. The molecule has 2 atom stereocenters. The molecule has 1 aromatic rings. The van der Waals surface area contributed by atoms with Crippen LogP contribution in [0, 0.1) is 0 Å². The van der Waals surface area contributed by atoms with Crippen LogP contribution >= 0.6 is 0 Å². The van der Waals surface area contributed by atoms with Gasteiger partial charge in [0.15, 0.2) is 0 Å². The van der Waals surface area contributed by atoms with Crippen molar-refractivity contribution < 1.29 is 14.6 Å². The quantitative estimate of drug-likeness (QED) is 0.612. The second kappa shape index (κ2) is 5.62. The molecule has 0 aromatic heterocycles. The Bertz CT molecular complexity index is 595. The second-order valence-corrected chi connectivity index (χ2v) is 7.76. The SMILES string of the molecule is CC(C)(C)OC(=O)N1C2CCC1CC(c1ccc(N)c(O)c1)C2. The summed E-state index contributed by atoms with van der Waals surface area (Å²) in [5, 5.41) is 9.84. The van der Waals surface area contributed by atoms with E-state index < -0.39 is 5.60 Å². The van der Waals surface area contributed by atoms with Gasteiger partial charge in [0.05, 0.1) is 5.69 Å². The van der Waals surface area contributed by atoms with Crippen LogP contribution in [0.25, 0.3) is 0 Å². The molecular formula is C18H26N2O3. The van der Waals surface area contributed by atoms with E-state index in [1.807, 2.05) is 31.7 Å². The zero-order chi connectivity index (χ0) is 16.8. The van der Waals surface area contributed by atoms with Crippen LogP contribution in [-0.2, 0) is 4.74 Å². The Labute approximate surface area is 137 Å². The minimum absolute atomic E-state index is 0.143. The largest absolute Gasteiger partial charge is 0.506 e. The first-order valence-corrected chi connectivity index (χ1v) is 8.34. The molecule has 5 nitrogen and oxygen atoms in total. The molecule has 2 unspecified atom stereocenters. The summed E-state index contributed by atoms with van der Waals surface area (Å²) in [5.74, 6) is 0.502. The lowest BCUT2D eigenvalue weighted by Gasteiger charge is -2.39. The molecule has 5 heteroatoms. The number of nitrogen functional groups attached to an aromatic ring is 1. The molecule has 3 rings (SSSR count). The zero-order valence-corrected chi connectivity index (χ0v) is 14.1. The van der Waals surface area contributed by atoms with Crippen molar-refractivity contribution in [3.8, 4) is 5.75 Å². The van der Waals surface area contributed by atoms with Gasteiger partial charge < -0.3 is 20.5 Å². The van der Waals surface area contributed by atoms with Crippen LogP contribution in [0.2, 0.25) is 0 Å². The van der Waals surface area contributed by atoms with Crippen LogP contribution in [0.5, 0.6) is 5.75 Å². The van der Waals surface area contributed by atoms with Crippen molar-refractivity contribution >= 4 is 11.8 Å². The minimum atomic E-state index is -0.462. The number of rotatable bonds is 1. The molecule has 2 aliphatic rings. The summed E-state index contributed by atoms with van der Waals surface area (Å²) in [5.41, 5.74) is 6.74. The van der Waals surface area contributed by atoms with Crippen molar-refractivity contribution in [3.63, 3.8) is 0 Å². The lowest BCUT2D eigenvalue weighted by atomic mass is 9.85. The van der Waals surface area contributed by atoms with E-state index in [1.165, 1.54) is 0 Å². The maximum absolute atomic E-state index is 12.5. The summed E-state index contributed by atoms with van der Waals surface area (Å²) in [6.07, 6.45) is 3.70. The molecule has 23 heavy (non-hydrogen) atoms. The van der Waals surface area contributed by atoms with Crippen LogP contribution in [0.1, 0.15) is 57.9 Å². The number of fused-ring (bicyclic) bond motifs is 2. The number of amides is 1. The standard InChI is InChI=1S/C18H26N2O3/c1-18(2,3)23-17(22)20-13-5-6-14(20)9-12(8-13)11-4-7-15(19)16(21)10-11/h4,7,10,12-14,21H,5-6,8-9,19H2,1-3H3. The fourth-order valence-electron chi connectivity index (χ4n) is 3.88. The summed E-state index contributed by atoms with van der Waals surface area (Å²) in [4.78, 5) is 14.4. The maximum Gasteiger partial charge on any atom is 0.410 e. The molecule has 0 aliphatic carbocycles. The Morgan fingerprint density at radius 3 is 2.39 bits per heavy atom. The van der Waals surface area contributed by atoms with Crippen molar-refractivity contribution in [3.05, 3.63) is 23.8 Å². The van der Waals surface area contributed by atoms with E-state index in [-0.39, 0.29) is 23.9 Å². The number of phenols is 1. The smallest absolute Gasteiger partial charge is 0.410 e. The van der Waals surface area contributed by atoms with Gasteiger partial charge in [-0.25, -0.2) is 4.79 Å². The number of aromatic hydroxyl groups is 1. The molecule has 2 fully saturated rings. The molecule has 1 amide bonds. The second-order valence-electron chi connectivity index (χ2n) is 7.76. The van der Waals surface area contributed by atoms with Gasteiger partial charge in [-0.05, 0) is 70.1 Å². The summed E-state index contributed by atoms with van der Waals surface area (Å²) in [6, 6.07) is 5.97. The van der Waals surface area contributed by atoms with Gasteiger partial charge in [0.2, 0.25) is 0 Å². The molecule has 0 saturated carbocycles. The first-order chi connectivity index (χ1) is 10.7. The van der Waals surface area contributed by atoms with Crippen molar-refractivity contribution in [2.75, 3.05) is 5.73 Å². The van der Waals surface area contributed by atoms with Gasteiger partial charge in [-0.2, -0.15) is 0 Å². The molecule has 1 aromatic carbocycles. The molecule has 3 N–H and O–H groups in total. The fraction of sp³-hybridized carbons (Fsp3) is 0.611. The van der Waals surface area contributed by atoms with E-state index in [2.05, 4.69) is 0 Å². The van der Waals surface area contributed by atoms with Crippen LogP contribution in [0.3, 0.4) is 0 Å². The minimum Gasteiger partial charge on any atom is -0.506 e. The molecule has 0 spiro atoms. The van der Waals surface area contributed by atoms with Crippen molar-refractivity contribution in [1.82, 2.24) is 4.90 Å². The molecule has 2 aliphatic heterocycles. The third-order valence-electron chi connectivity index (χ3n) is 4.86. The maximum atomic E-state index is 12.5. The van der Waals surface area contributed by atoms with Crippen LogP contribution in [-0.4, -0.2) is 33.8 Å². The van der Waals surface area contributed by atoms with Crippen molar-refractivity contribution in [2.24, 2.45) is 0 Å². The lowest BCUT2D eigenvalue weighted by Crippen LogP contribution is -2.48. The number of hydrogen-bond donors (Lipinski definition) is 2. The monoisotopic (exact) mass is 318 g/mol. The van der Waals surface area contributed by atoms with Gasteiger partial charge in [-0.15, -0.1) is 0 Å². The zero-order valence-electron chi connectivity index (χ0n) is 14.1. The van der Waals surface area contributed by atoms with Gasteiger partial charge in [0, 0.05) is 12.1 Å². The van der Waals surface area contributed by atoms with Gasteiger partial charge in [-0.1, -0.05) is 6.07 Å². The Hall–Kier alpha value is -1.91. The fourth-order valence-corrected chi connectivity index (χ4v) is 3.88. The number of nitrogens with two attached hydrogens (primary N) is 1. The number of benzene rings is 1. The van der Waals surface area contributed by atoms with E-state index >= 15 is 0 Å².